The molecule has 0 radical (unpaired) electrons. The molecule has 2 N–H and O–H groups in total. The quantitative estimate of drug-likeness (QED) is 0.231. The van der Waals surface area contributed by atoms with Crippen LogP contribution in [0, 0.1) is 0 Å². The van der Waals surface area contributed by atoms with Crippen molar-refractivity contribution in [3.05, 3.63) is 16.0 Å². The van der Waals surface area contributed by atoms with Crippen molar-refractivity contribution in [2.24, 2.45) is 0 Å². The monoisotopic (exact) mass is 438 g/mol. The van der Waals surface area contributed by atoms with Crippen molar-refractivity contribution in [3.8, 4) is 0 Å². The van der Waals surface area contributed by atoms with Crippen LogP contribution in [0.25, 0.3) is 0 Å². The van der Waals surface area contributed by atoms with Gasteiger partial charge in [0.25, 0.3) is 0 Å². The van der Waals surface area contributed by atoms with Crippen molar-refractivity contribution in [3.63, 3.8) is 0 Å². The largest absolute Gasteiger partial charge is 0.462 e. The van der Waals surface area contributed by atoms with Crippen LogP contribution in [0.4, 0.5) is 5.00 Å². The molecule has 0 aromatic carbocycles. The Bertz CT molecular complexity index is 643. The number of carbonyl (C=O) groups is 1. The molecule has 0 saturated carbocycles. The van der Waals surface area contributed by atoms with Gasteiger partial charge in [-0.1, -0.05) is 58.3 Å². The van der Waals surface area contributed by atoms with E-state index in [0.29, 0.717) is 17.3 Å². The van der Waals surface area contributed by atoms with Gasteiger partial charge in [0, 0.05) is 11.4 Å². The van der Waals surface area contributed by atoms with Crippen LogP contribution in [0.5, 0.6) is 0 Å². The number of unbranched alkanes of at least 4 members (excludes halogenated alkanes) is 6. The molecule has 0 bridgehead atoms. The van der Waals surface area contributed by atoms with Gasteiger partial charge in [-0.15, -0.1) is 11.3 Å². The van der Waals surface area contributed by atoms with Crippen LogP contribution in [0.3, 0.4) is 0 Å². The Kier molecular flexibility index (Phi) is 11.6. The summed E-state index contributed by atoms with van der Waals surface area (Å²) in [5.74, 6) is -0.219. The van der Waals surface area contributed by atoms with E-state index >= 15 is 0 Å². The first-order valence-electron chi connectivity index (χ1n) is 11.5. The van der Waals surface area contributed by atoms with E-state index < -0.39 is 0 Å². The molecule has 0 saturated heterocycles. The lowest BCUT2D eigenvalue weighted by molar-refractivity contribution is 0.0526. The molecular weight excluding hydrogens is 400 g/mol. The van der Waals surface area contributed by atoms with Crippen molar-refractivity contribution in [2.75, 3.05) is 18.5 Å². The smallest absolute Gasteiger partial charge is 0.341 e. The number of hydrogen-bond acceptors (Lipinski definition) is 4. The number of esters is 1. The van der Waals surface area contributed by atoms with Gasteiger partial charge in [0.1, 0.15) is 5.00 Å². The highest BCUT2D eigenvalue weighted by atomic mass is 32.1. The normalized spacial score (nSPS) is 13.9. The number of aryl methyl sites for hydroxylation is 1. The summed E-state index contributed by atoms with van der Waals surface area (Å²) in [6.45, 7) is 5.37. The molecule has 0 atom stereocenters. The van der Waals surface area contributed by atoms with Crippen molar-refractivity contribution >= 4 is 39.6 Å². The van der Waals surface area contributed by atoms with Gasteiger partial charge >= 0.3 is 5.97 Å². The molecule has 164 valence electrons. The van der Waals surface area contributed by atoms with E-state index in [1.54, 1.807) is 11.3 Å². The SMILES string of the molecule is CCCCCCCCCNC(=S)Nc1sc2c(c1C(=O)OCC)CCCCCC2. The molecule has 6 heteroatoms. The highest BCUT2D eigenvalue weighted by Gasteiger charge is 2.25. The maximum Gasteiger partial charge on any atom is 0.341 e. The fourth-order valence-corrected chi connectivity index (χ4v) is 5.41. The zero-order valence-corrected chi connectivity index (χ0v) is 19.9. The third-order valence-corrected chi connectivity index (χ3v) is 6.90. The minimum atomic E-state index is -0.219. The number of hydrogen-bond donors (Lipinski definition) is 2. The van der Waals surface area contributed by atoms with E-state index in [1.807, 2.05) is 6.92 Å². The number of thiocarbonyl (C=S) groups is 1. The standard InChI is InChI=1S/C23H38N2O2S2/c1-3-5-6-7-8-11-14-17-24-23(28)25-21-20(22(26)27-4-2)18-15-12-9-10-13-16-19(18)29-21/h3-17H2,1-2H3,(H2,24,25,28). The third-order valence-electron chi connectivity index (χ3n) is 5.44. The number of carbonyl (C=O) groups excluding carboxylic acids is 1. The van der Waals surface area contributed by atoms with Gasteiger partial charge in [0.2, 0.25) is 0 Å². The van der Waals surface area contributed by atoms with Crippen LogP contribution < -0.4 is 10.6 Å². The van der Waals surface area contributed by atoms with Crippen LogP contribution >= 0.6 is 23.6 Å². The zero-order chi connectivity index (χ0) is 20.9. The molecule has 1 aromatic heterocycles. The fraction of sp³-hybridized carbons (Fsp3) is 0.739. The van der Waals surface area contributed by atoms with E-state index in [1.165, 1.54) is 68.2 Å². The first kappa shape index (κ1) is 24.1. The molecule has 4 nitrogen and oxygen atoms in total. The Morgan fingerprint density at radius 1 is 1.00 bits per heavy atom. The van der Waals surface area contributed by atoms with Crippen molar-refractivity contribution in [2.45, 2.75) is 97.3 Å². The first-order chi connectivity index (χ1) is 14.2. The minimum Gasteiger partial charge on any atom is -0.462 e. The Labute approximate surface area is 186 Å². The maximum atomic E-state index is 12.7. The second-order valence-corrected chi connectivity index (χ2v) is 9.36. The Balaban J connectivity index is 1.90. The first-order valence-corrected chi connectivity index (χ1v) is 12.8. The van der Waals surface area contributed by atoms with Crippen molar-refractivity contribution in [1.29, 1.82) is 0 Å². The average molecular weight is 439 g/mol. The van der Waals surface area contributed by atoms with E-state index in [2.05, 4.69) is 17.6 Å². The molecule has 2 rings (SSSR count). The summed E-state index contributed by atoms with van der Waals surface area (Å²) in [7, 11) is 0. The number of rotatable bonds is 11. The van der Waals surface area contributed by atoms with Crippen molar-refractivity contribution < 1.29 is 9.53 Å². The molecule has 1 heterocycles. The predicted molar refractivity (Wildman–Crippen MR) is 128 cm³/mol. The van der Waals surface area contributed by atoms with Gasteiger partial charge in [-0.2, -0.15) is 0 Å². The summed E-state index contributed by atoms with van der Waals surface area (Å²) >= 11 is 7.19. The van der Waals surface area contributed by atoms with Gasteiger partial charge in [0.05, 0.1) is 12.2 Å². The fourth-order valence-electron chi connectivity index (χ4n) is 3.86. The van der Waals surface area contributed by atoms with E-state index in [0.717, 1.165) is 37.2 Å². The molecule has 1 aliphatic carbocycles. The molecular formula is C23H38N2O2S2. The molecule has 0 fully saturated rings. The molecule has 0 spiro atoms. The topological polar surface area (TPSA) is 50.4 Å². The van der Waals surface area contributed by atoms with E-state index in [-0.39, 0.29) is 5.97 Å². The summed E-state index contributed by atoms with van der Waals surface area (Å²) < 4.78 is 5.36. The van der Waals surface area contributed by atoms with Crippen LogP contribution in [-0.4, -0.2) is 24.2 Å². The van der Waals surface area contributed by atoms with Crippen molar-refractivity contribution in [1.82, 2.24) is 5.32 Å². The average Bonchev–Trinajstić information content (AvgIpc) is 3.00. The van der Waals surface area contributed by atoms with Crippen LogP contribution in [0.2, 0.25) is 0 Å². The van der Waals surface area contributed by atoms with Gasteiger partial charge in [-0.05, 0) is 56.8 Å². The lowest BCUT2D eigenvalue weighted by Gasteiger charge is -2.12. The van der Waals surface area contributed by atoms with Gasteiger partial charge in [-0.3, -0.25) is 0 Å². The van der Waals surface area contributed by atoms with E-state index in [4.69, 9.17) is 17.0 Å². The Hall–Kier alpha value is -1.14. The van der Waals surface area contributed by atoms with Crippen LogP contribution in [0.1, 0.15) is 105 Å². The molecule has 0 unspecified atom stereocenters. The highest BCUT2D eigenvalue weighted by molar-refractivity contribution is 7.80. The van der Waals surface area contributed by atoms with Crippen LogP contribution in [0.15, 0.2) is 0 Å². The Morgan fingerprint density at radius 2 is 1.69 bits per heavy atom. The number of nitrogens with one attached hydrogen (secondary N) is 2. The molecule has 1 aliphatic rings. The van der Waals surface area contributed by atoms with Gasteiger partial charge in [-0.25, -0.2) is 4.79 Å². The van der Waals surface area contributed by atoms with Crippen LogP contribution in [-0.2, 0) is 17.6 Å². The third kappa shape index (κ3) is 8.25. The lowest BCUT2D eigenvalue weighted by Crippen LogP contribution is -2.29. The zero-order valence-electron chi connectivity index (χ0n) is 18.2. The Morgan fingerprint density at radius 3 is 2.41 bits per heavy atom. The summed E-state index contributed by atoms with van der Waals surface area (Å²) in [5.41, 5.74) is 1.90. The summed E-state index contributed by atoms with van der Waals surface area (Å²) in [6, 6.07) is 0. The number of thiophene rings is 1. The number of anilines is 1. The number of fused-ring (bicyclic) bond motifs is 1. The minimum absolute atomic E-state index is 0.219. The molecule has 1 aromatic rings. The molecule has 29 heavy (non-hydrogen) atoms. The maximum absolute atomic E-state index is 12.7. The second kappa shape index (κ2) is 14.0. The highest BCUT2D eigenvalue weighted by Crippen LogP contribution is 2.37. The predicted octanol–water partition coefficient (Wildman–Crippen LogP) is 6.62. The number of ether oxygens (including phenoxy) is 1. The summed E-state index contributed by atoms with van der Waals surface area (Å²) in [5, 5.41) is 8.08. The second-order valence-electron chi connectivity index (χ2n) is 7.84. The molecule has 0 aliphatic heterocycles. The van der Waals surface area contributed by atoms with Gasteiger partial charge in [0.15, 0.2) is 5.11 Å². The summed E-state index contributed by atoms with van der Waals surface area (Å²) in [6.07, 6.45) is 15.8. The summed E-state index contributed by atoms with van der Waals surface area (Å²) in [4.78, 5) is 14.0. The van der Waals surface area contributed by atoms with E-state index in [9.17, 15) is 4.79 Å². The lowest BCUT2D eigenvalue weighted by atomic mass is 9.96. The molecule has 0 amide bonds. The van der Waals surface area contributed by atoms with Gasteiger partial charge < -0.3 is 15.4 Å².